The van der Waals surface area contributed by atoms with Crippen LogP contribution in [-0.2, 0) is 9.84 Å². The first-order valence-electron chi connectivity index (χ1n) is 7.24. The summed E-state index contributed by atoms with van der Waals surface area (Å²) in [6.07, 6.45) is 2.13. The Morgan fingerprint density at radius 2 is 2.27 bits per heavy atom. The molecule has 1 fully saturated rings. The third kappa shape index (κ3) is 2.58. The molecule has 2 aromatic rings. The summed E-state index contributed by atoms with van der Waals surface area (Å²) in [5.74, 6) is -0.0350. The van der Waals surface area contributed by atoms with Gasteiger partial charge >= 0.3 is 0 Å². The van der Waals surface area contributed by atoms with Gasteiger partial charge in [0.1, 0.15) is 5.69 Å². The van der Waals surface area contributed by atoms with Crippen molar-refractivity contribution in [3.8, 4) is 0 Å². The highest BCUT2D eigenvalue weighted by atomic mass is 32.2. The van der Waals surface area contributed by atoms with E-state index < -0.39 is 9.84 Å². The van der Waals surface area contributed by atoms with Crippen molar-refractivity contribution in [1.29, 1.82) is 0 Å². The van der Waals surface area contributed by atoms with E-state index in [4.69, 9.17) is 0 Å². The molecule has 3 heterocycles. The molecule has 0 N–H and O–H groups in total. The lowest BCUT2D eigenvalue weighted by molar-refractivity contribution is 0.0702. The lowest BCUT2D eigenvalue weighted by atomic mass is 10.2. The molecule has 0 bridgehead atoms. The summed E-state index contributed by atoms with van der Waals surface area (Å²) in [5, 5.41) is 4.13. The molecule has 118 valence electrons. The summed E-state index contributed by atoms with van der Waals surface area (Å²) in [4.78, 5) is 18.7. The van der Waals surface area contributed by atoms with E-state index in [-0.39, 0.29) is 23.5 Å². The highest BCUT2D eigenvalue weighted by molar-refractivity contribution is 7.91. The van der Waals surface area contributed by atoms with E-state index >= 15 is 0 Å². The minimum atomic E-state index is -3.03. The van der Waals surface area contributed by atoms with E-state index in [1.54, 1.807) is 27.7 Å². The number of carbonyl (C=O) groups excluding carboxylic acids is 1. The number of carbonyl (C=O) groups is 1. The van der Waals surface area contributed by atoms with Crippen molar-refractivity contribution < 1.29 is 13.2 Å². The van der Waals surface area contributed by atoms with Crippen molar-refractivity contribution in [1.82, 2.24) is 19.5 Å². The van der Waals surface area contributed by atoms with Gasteiger partial charge in [-0.2, -0.15) is 5.10 Å². The zero-order valence-corrected chi connectivity index (χ0v) is 13.4. The molecule has 2 aromatic heterocycles. The van der Waals surface area contributed by atoms with Gasteiger partial charge < -0.3 is 4.90 Å². The molecule has 0 radical (unpaired) electrons. The zero-order valence-electron chi connectivity index (χ0n) is 12.6. The van der Waals surface area contributed by atoms with Gasteiger partial charge in [0.15, 0.2) is 15.5 Å². The summed E-state index contributed by atoms with van der Waals surface area (Å²) in [6, 6.07) is 3.17. The predicted molar refractivity (Wildman–Crippen MR) is 81.5 cm³/mol. The Bertz CT molecular complexity index is 828. The molecule has 0 spiro atoms. The second-order valence-corrected chi connectivity index (χ2v) is 7.76. The number of amides is 1. The number of aromatic nitrogens is 3. The molecular formula is C14H18N4O3S. The molecule has 1 atom stereocenters. The highest BCUT2D eigenvalue weighted by Gasteiger charge is 2.34. The zero-order chi connectivity index (χ0) is 15.9. The normalized spacial score (nSPS) is 20.4. The SMILES string of the molecule is CCN(C(=O)c1cc(C)n2nccc2n1)C1CCS(=O)(=O)C1. The van der Waals surface area contributed by atoms with E-state index in [9.17, 15) is 13.2 Å². The highest BCUT2D eigenvalue weighted by Crippen LogP contribution is 2.20. The van der Waals surface area contributed by atoms with E-state index in [1.165, 1.54) is 0 Å². The number of rotatable bonds is 3. The molecule has 1 unspecified atom stereocenters. The smallest absolute Gasteiger partial charge is 0.272 e. The second kappa shape index (κ2) is 5.35. The van der Waals surface area contributed by atoms with Gasteiger partial charge in [-0.15, -0.1) is 0 Å². The Morgan fingerprint density at radius 3 is 2.91 bits per heavy atom. The lowest BCUT2D eigenvalue weighted by Gasteiger charge is -2.26. The molecule has 0 aromatic carbocycles. The Balaban J connectivity index is 1.93. The third-order valence-electron chi connectivity index (χ3n) is 4.01. The first kappa shape index (κ1) is 15.0. The maximum absolute atomic E-state index is 12.7. The van der Waals surface area contributed by atoms with Gasteiger partial charge in [0.2, 0.25) is 0 Å². The van der Waals surface area contributed by atoms with E-state index in [0.29, 0.717) is 24.3 Å². The minimum Gasteiger partial charge on any atom is -0.334 e. The fourth-order valence-corrected chi connectivity index (χ4v) is 4.64. The second-order valence-electron chi connectivity index (χ2n) is 5.53. The summed E-state index contributed by atoms with van der Waals surface area (Å²) in [5.41, 5.74) is 1.75. The maximum Gasteiger partial charge on any atom is 0.272 e. The van der Waals surface area contributed by atoms with Gasteiger partial charge in [-0.1, -0.05) is 0 Å². The quantitative estimate of drug-likeness (QED) is 0.830. The number of hydrogen-bond donors (Lipinski definition) is 0. The minimum absolute atomic E-state index is 0.0422. The molecule has 1 aliphatic heterocycles. The van der Waals surface area contributed by atoms with Gasteiger partial charge in [-0.3, -0.25) is 4.79 Å². The number of hydrogen-bond acceptors (Lipinski definition) is 5. The summed E-state index contributed by atoms with van der Waals surface area (Å²) < 4.78 is 25.0. The van der Waals surface area contributed by atoms with Gasteiger partial charge in [-0.25, -0.2) is 17.9 Å². The molecule has 7 nitrogen and oxygen atoms in total. The first-order chi connectivity index (χ1) is 10.4. The largest absolute Gasteiger partial charge is 0.334 e. The van der Waals surface area contributed by atoms with E-state index in [2.05, 4.69) is 10.1 Å². The van der Waals surface area contributed by atoms with Crippen LogP contribution in [0, 0.1) is 6.92 Å². The molecule has 1 aliphatic rings. The monoisotopic (exact) mass is 322 g/mol. The van der Waals surface area contributed by atoms with Crippen molar-refractivity contribution in [2.24, 2.45) is 0 Å². The van der Waals surface area contributed by atoms with Crippen LogP contribution < -0.4 is 0 Å². The Morgan fingerprint density at radius 1 is 1.50 bits per heavy atom. The van der Waals surface area contributed by atoms with Crippen molar-refractivity contribution >= 4 is 21.4 Å². The van der Waals surface area contributed by atoms with Crippen LogP contribution >= 0.6 is 0 Å². The van der Waals surface area contributed by atoms with Crippen LogP contribution in [-0.4, -0.2) is 57.9 Å². The van der Waals surface area contributed by atoms with Crippen LogP contribution in [0.5, 0.6) is 0 Å². The third-order valence-corrected chi connectivity index (χ3v) is 5.76. The average Bonchev–Trinajstić information content (AvgIpc) is 3.06. The summed E-state index contributed by atoms with van der Waals surface area (Å²) in [7, 11) is -3.03. The predicted octanol–water partition coefficient (Wildman–Crippen LogP) is 0.687. The van der Waals surface area contributed by atoms with Crippen molar-refractivity contribution in [3.05, 3.63) is 29.7 Å². The first-order valence-corrected chi connectivity index (χ1v) is 9.06. The molecule has 0 saturated carbocycles. The molecule has 0 aliphatic carbocycles. The van der Waals surface area contributed by atoms with Crippen molar-refractivity contribution in [2.45, 2.75) is 26.3 Å². The number of nitrogens with zero attached hydrogens (tertiary/aromatic N) is 4. The van der Waals surface area contributed by atoms with Crippen LogP contribution in [0.4, 0.5) is 0 Å². The Labute approximate surface area is 128 Å². The molecule has 22 heavy (non-hydrogen) atoms. The van der Waals surface area contributed by atoms with E-state index in [0.717, 1.165) is 5.69 Å². The Kier molecular flexibility index (Phi) is 3.64. The van der Waals surface area contributed by atoms with E-state index in [1.807, 2.05) is 13.8 Å². The number of sulfone groups is 1. The summed E-state index contributed by atoms with van der Waals surface area (Å²) in [6.45, 7) is 4.17. The lowest BCUT2D eigenvalue weighted by Crippen LogP contribution is -2.41. The number of fused-ring (bicyclic) bond motifs is 1. The molecular weight excluding hydrogens is 304 g/mol. The van der Waals surface area contributed by atoms with Gasteiger partial charge in [-0.05, 0) is 26.3 Å². The van der Waals surface area contributed by atoms with Crippen LogP contribution in [0.3, 0.4) is 0 Å². The topological polar surface area (TPSA) is 84.6 Å². The van der Waals surface area contributed by atoms with Crippen LogP contribution in [0.2, 0.25) is 0 Å². The van der Waals surface area contributed by atoms with Crippen LogP contribution in [0.1, 0.15) is 29.5 Å². The average molecular weight is 322 g/mol. The van der Waals surface area contributed by atoms with Crippen LogP contribution in [0.25, 0.3) is 5.65 Å². The Hall–Kier alpha value is -1.96. The fraction of sp³-hybridized carbons (Fsp3) is 0.500. The summed E-state index contributed by atoms with van der Waals surface area (Å²) >= 11 is 0. The van der Waals surface area contributed by atoms with Gasteiger partial charge in [0.25, 0.3) is 5.91 Å². The van der Waals surface area contributed by atoms with Gasteiger partial charge in [0.05, 0.1) is 17.7 Å². The standard InChI is InChI=1S/C14H18N4O3S/c1-3-17(11-5-7-22(20,21)9-11)14(19)12-8-10(2)18-13(16-12)4-6-15-18/h4,6,8,11H,3,5,7,9H2,1-2H3. The van der Waals surface area contributed by atoms with Crippen molar-refractivity contribution in [2.75, 3.05) is 18.1 Å². The van der Waals surface area contributed by atoms with Crippen LogP contribution in [0.15, 0.2) is 18.3 Å². The molecule has 3 rings (SSSR count). The molecule has 1 saturated heterocycles. The maximum atomic E-state index is 12.7. The molecule has 8 heteroatoms. The molecule has 1 amide bonds. The van der Waals surface area contributed by atoms with Crippen molar-refractivity contribution in [3.63, 3.8) is 0 Å². The van der Waals surface area contributed by atoms with Gasteiger partial charge in [0, 0.05) is 24.3 Å². The number of aryl methyl sites for hydroxylation is 1. The fourth-order valence-electron chi connectivity index (χ4n) is 2.91.